The van der Waals surface area contributed by atoms with E-state index in [2.05, 4.69) is 21.2 Å². The van der Waals surface area contributed by atoms with Crippen molar-refractivity contribution < 1.29 is 9.90 Å². The van der Waals surface area contributed by atoms with E-state index < -0.39 is 0 Å². The first kappa shape index (κ1) is 13.7. The van der Waals surface area contributed by atoms with Gasteiger partial charge in [0.15, 0.2) is 0 Å². The van der Waals surface area contributed by atoms with Gasteiger partial charge in [0.05, 0.1) is 19.1 Å². The summed E-state index contributed by atoms with van der Waals surface area (Å²) in [5.74, 6) is -0.245. The molecule has 0 radical (unpaired) electrons. The number of carbonyl (C=O) groups is 1. The van der Waals surface area contributed by atoms with E-state index in [1.54, 1.807) is 11.3 Å². The summed E-state index contributed by atoms with van der Waals surface area (Å²) in [7, 11) is 0. The van der Waals surface area contributed by atoms with Gasteiger partial charge in [-0.05, 0) is 27.9 Å². The van der Waals surface area contributed by atoms with Crippen molar-refractivity contribution in [3.63, 3.8) is 0 Å². The van der Waals surface area contributed by atoms with Crippen molar-refractivity contribution in [2.45, 2.75) is 20.4 Å². The normalized spacial score (nSPS) is 12.8. The molecule has 1 amide bonds. The smallest absolute Gasteiger partial charge is 0.225 e. The molecular formula is C11H16BrNO2S. The SMILES string of the molecule is CC(C)C(CO)C(=O)NCc1cc(Br)cs1. The van der Waals surface area contributed by atoms with Crippen molar-refractivity contribution >= 4 is 33.2 Å². The Balaban J connectivity index is 2.45. The molecule has 1 aromatic rings. The summed E-state index contributed by atoms with van der Waals surface area (Å²) in [6.07, 6.45) is 0. The molecule has 16 heavy (non-hydrogen) atoms. The van der Waals surface area contributed by atoms with E-state index in [0.29, 0.717) is 6.54 Å². The number of hydrogen-bond acceptors (Lipinski definition) is 3. The molecule has 1 rings (SSSR count). The molecule has 0 fully saturated rings. The van der Waals surface area contributed by atoms with Crippen LogP contribution in [0.5, 0.6) is 0 Å². The van der Waals surface area contributed by atoms with Crippen LogP contribution in [0.4, 0.5) is 0 Å². The number of halogens is 1. The number of carbonyl (C=O) groups excluding carboxylic acids is 1. The molecule has 3 nitrogen and oxygen atoms in total. The fraction of sp³-hybridized carbons (Fsp3) is 0.545. The summed E-state index contributed by atoms with van der Waals surface area (Å²) in [6.45, 7) is 4.29. The largest absolute Gasteiger partial charge is 0.396 e. The second-order valence-corrected chi connectivity index (χ2v) is 5.89. The second-order valence-electron chi connectivity index (χ2n) is 3.98. The lowest BCUT2D eigenvalue weighted by Gasteiger charge is -2.17. The Morgan fingerprint density at radius 1 is 1.62 bits per heavy atom. The quantitative estimate of drug-likeness (QED) is 0.877. The number of amides is 1. The van der Waals surface area contributed by atoms with Crippen LogP contribution in [0.15, 0.2) is 15.9 Å². The van der Waals surface area contributed by atoms with Gasteiger partial charge in [-0.15, -0.1) is 11.3 Å². The lowest BCUT2D eigenvalue weighted by atomic mass is 9.96. The Labute approximate surface area is 108 Å². The van der Waals surface area contributed by atoms with Crippen molar-refractivity contribution in [3.05, 3.63) is 20.8 Å². The zero-order valence-corrected chi connectivity index (χ0v) is 11.8. The lowest BCUT2D eigenvalue weighted by Crippen LogP contribution is -2.35. The maximum atomic E-state index is 11.7. The molecule has 90 valence electrons. The molecule has 5 heteroatoms. The highest BCUT2D eigenvalue weighted by molar-refractivity contribution is 9.10. The van der Waals surface area contributed by atoms with Crippen LogP contribution in [-0.4, -0.2) is 17.6 Å². The van der Waals surface area contributed by atoms with E-state index in [9.17, 15) is 4.79 Å². The van der Waals surface area contributed by atoms with Crippen LogP contribution < -0.4 is 5.32 Å². The minimum atomic E-state index is -0.316. The predicted molar refractivity (Wildman–Crippen MR) is 69.3 cm³/mol. The highest BCUT2D eigenvalue weighted by Crippen LogP contribution is 2.19. The van der Waals surface area contributed by atoms with Crippen LogP contribution in [0.3, 0.4) is 0 Å². The van der Waals surface area contributed by atoms with Gasteiger partial charge in [-0.3, -0.25) is 4.79 Å². The first-order valence-electron chi connectivity index (χ1n) is 5.16. The Bertz CT molecular complexity index is 352. The Hall–Kier alpha value is -0.390. The van der Waals surface area contributed by atoms with Crippen LogP contribution in [0, 0.1) is 11.8 Å². The molecule has 0 spiro atoms. The Morgan fingerprint density at radius 2 is 2.31 bits per heavy atom. The molecule has 1 unspecified atom stereocenters. The molecule has 0 aromatic carbocycles. The summed E-state index contributed by atoms with van der Waals surface area (Å²) >= 11 is 4.96. The first-order chi connectivity index (χ1) is 7.54. The van der Waals surface area contributed by atoms with Gasteiger partial charge in [0.1, 0.15) is 0 Å². The van der Waals surface area contributed by atoms with Gasteiger partial charge >= 0.3 is 0 Å². The van der Waals surface area contributed by atoms with Gasteiger partial charge in [0.25, 0.3) is 0 Å². The average molecular weight is 306 g/mol. The maximum absolute atomic E-state index is 11.7. The first-order valence-corrected chi connectivity index (χ1v) is 6.83. The van der Waals surface area contributed by atoms with Gasteiger partial charge in [-0.2, -0.15) is 0 Å². The number of aliphatic hydroxyl groups excluding tert-OH is 1. The minimum absolute atomic E-state index is 0.0815. The average Bonchev–Trinajstić information content (AvgIpc) is 2.62. The van der Waals surface area contributed by atoms with Crippen molar-refractivity contribution in [1.29, 1.82) is 0 Å². The van der Waals surface area contributed by atoms with Gasteiger partial charge in [-0.25, -0.2) is 0 Å². The molecule has 2 N–H and O–H groups in total. The van der Waals surface area contributed by atoms with Crippen molar-refractivity contribution in [2.24, 2.45) is 11.8 Å². The van der Waals surface area contributed by atoms with Crippen LogP contribution in [0.2, 0.25) is 0 Å². The molecule has 0 aliphatic heterocycles. The number of thiophene rings is 1. The summed E-state index contributed by atoms with van der Waals surface area (Å²) in [4.78, 5) is 12.8. The standard InChI is InChI=1S/C11H16BrNO2S/c1-7(2)10(5-14)11(15)13-4-9-3-8(12)6-16-9/h3,6-7,10,14H,4-5H2,1-2H3,(H,13,15). The highest BCUT2D eigenvalue weighted by atomic mass is 79.9. The topological polar surface area (TPSA) is 49.3 Å². The number of nitrogens with one attached hydrogen (secondary N) is 1. The molecule has 0 saturated heterocycles. The van der Waals surface area contributed by atoms with Crippen LogP contribution in [0.25, 0.3) is 0 Å². The Morgan fingerprint density at radius 3 is 2.75 bits per heavy atom. The lowest BCUT2D eigenvalue weighted by molar-refractivity contribution is -0.127. The predicted octanol–water partition coefficient (Wildman–Crippen LogP) is 2.39. The van der Waals surface area contributed by atoms with Crippen LogP contribution >= 0.6 is 27.3 Å². The van der Waals surface area contributed by atoms with Gasteiger partial charge in [0, 0.05) is 14.7 Å². The van der Waals surface area contributed by atoms with Crippen molar-refractivity contribution in [1.82, 2.24) is 5.32 Å². The zero-order chi connectivity index (χ0) is 12.1. The molecule has 0 aliphatic carbocycles. The molecule has 0 bridgehead atoms. The van der Waals surface area contributed by atoms with E-state index in [0.717, 1.165) is 9.35 Å². The number of rotatable bonds is 5. The molecule has 1 heterocycles. The van der Waals surface area contributed by atoms with Gasteiger partial charge in [0.2, 0.25) is 5.91 Å². The minimum Gasteiger partial charge on any atom is -0.396 e. The summed E-state index contributed by atoms with van der Waals surface area (Å²) in [6, 6.07) is 1.98. The van der Waals surface area contributed by atoms with Crippen molar-refractivity contribution in [2.75, 3.05) is 6.61 Å². The molecule has 0 aliphatic rings. The van der Waals surface area contributed by atoms with Crippen molar-refractivity contribution in [3.8, 4) is 0 Å². The second kappa shape index (κ2) is 6.37. The summed E-state index contributed by atoms with van der Waals surface area (Å²) < 4.78 is 1.03. The van der Waals surface area contributed by atoms with Crippen LogP contribution in [-0.2, 0) is 11.3 Å². The molecular weight excluding hydrogens is 290 g/mol. The molecule has 0 saturated carbocycles. The highest BCUT2D eigenvalue weighted by Gasteiger charge is 2.20. The van der Waals surface area contributed by atoms with E-state index in [1.807, 2.05) is 25.3 Å². The molecule has 1 aromatic heterocycles. The summed E-state index contributed by atoms with van der Waals surface area (Å²) in [5.41, 5.74) is 0. The van der Waals surface area contributed by atoms with E-state index in [1.165, 1.54) is 0 Å². The summed E-state index contributed by atoms with van der Waals surface area (Å²) in [5, 5.41) is 13.9. The third-order valence-corrected chi connectivity index (χ3v) is 4.09. The van der Waals surface area contributed by atoms with E-state index in [4.69, 9.17) is 5.11 Å². The van der Waals surface area contributed by atoms with Gasteiger partial charge < -0.3 is 10.4 Å². The zero-order valence-electron chi connectivity index (χ0n) is 9.37. The van der Waals surface area contributed by atoms with Gasteiger partial charge in [-0.1, -0.05) is 13.8 Å². The third kappa shape index (κ3) is 3.88. The van der Waals surface area contributed by atoms with Crippen LogP contribution in [0.1, 0.15) is 18.7 Å². The fourth-order valence-corrected chi connectivity index (χ4v) is 2.74. The van der Waals surface area contributed by atoms with E-state index >= 15 is 0 Å². The Kier molecular flexibility index (Phi) is 5.44. The number of hydrogen-bond donors (Lipinski definition) is 2. The maximum Gasteiger partial charge on any atom is 0.225 e. The number of aliphatic hydroxyl groups is 1. The monoisotopic (exact) mass is 305 g/mol. The molecule has 1 atom stereocenters. The fourth-order valence-electron chi connectivity index (χ4n) is 1.35. The van der Waals surface area contributed by atoms with E-state index in [-0.39, 0.29) is 24.3 Å². The third-order valence-electron chi connectivity index (χ3n) is 2.40.